The smallest absolute Gasteiger partial charge is 0.265 e. The van der Waals surface area contributed by atoms with Gasteiger partial charge in [0.25, 0.3) is 5.91 Å². The van der Waals surface area contributed by atoms with Crippen LogP contribution in [0.2, 0.25) is 0 Å². The van der Waals surface area contributed by atoms with Crippen LogP contribution >= 0.6 is 0 Å². The van der Waals surface area contributed by atoms with Gasteiger partial charge in [-0.25, -0.2) is 14.4 Å². The number of aromatic nitrogens is 2. The zero-order valence-electron chi connectivity index (χ0n) is 13.5. The molecular weight excluding hydrogens is 321 g/mol. The molecular formula is C19H16FN3O2. The van der Waals surface area contributed by atoms with Crippen molar-refractivity contribution in [2.75, 3.05) is 5.32 Å². The van der Waals surface area contributed by atoms with Gasteiger partial charge in [-0.15, -0.1) is 0 Å². The molecule has 6 heteroatoms. The number of ether oxygens (including phenoxy) is 1. The van der Waals surface area contributed by atoms with Crippen molar-refractivity contribution in [2.24, 2.45) is 0 Å². The van der Waals surface area contributed by atoms with Crippen LogP contribution in [0.5, 0.6) is 5.75 Å². The Kier molecular flexibility index (Phi) is 4.99. The Labute approximate surface area is 144 Å². The first-order chi connectivity index (χ1) is 12.1. The van der Waals surface area contributed by atoms with Crippen LogP contribution in [-0.4, -0.2) is 22.0 Å². The number of carbonyl (C=O) groups is 1. The summed E-state index contributed by atoms with van der Waals surface area (Å²) in [5.41, 5.74) is 1.37. The summed E-state index contributed by atoms with van der Waals surface area (Å²) in [6.45, 7) is 1.61. The van der Waals surface area contributed by atoms with Gasteiger partial charge in [-0.3, -0.25) is 4.79 Å². The van der Waals surface area contributed by atoms with E-state index in [9.17, 15) is 9.18 Å². The van der Waals surface area contributed by atoms with Crippen LogP contribution in [0.15, 0.2) is 67.0 Å². The van der Waals surface area contributed by atoms with Gasteiger partial charge in [-0.1, -0.05) is 30.3 Å². The second-order valence-corrected chi connectivity index (χ2v) is 5.36. The first-order valence-corrected chi connectivity index (χ1v) is 7.72. The molecule has 1 atom stereocenters. The molecule has 0 spiro atoms. The average Bonchev–Trinajstić information content (AvgIpc) is 2.65. The minimum Gasteiger partial charge on any atom is -0.481 e. The highest BCUT2D eigenvalue weighted by molar-refractivity contribution is 5.93. The lowest BCUT2D eigenvalue weighted by atomic mass is 10.2. The van der Waals surface area contributed by atoms with Crippen molar-refractivity contribution in [1.82, 2.24) is 9.97 Å². The lowest BCUT2D eigenvalue weighted by Gasteiger charge is -2.14. The van der Waals surface area contributed by atoms with Gasteiger partial charge in [0.1, 0.15) is 11.6 Å². The first-order valence-electron chi connectivity index (χ1n) is 7.72. The number of anilines is 1. The fraction of sp³-hybridized carbons (Fsp3) is 0.105. The van der Waals surface area contributed by atoms with Crippen LogP contribution in [0, 0.1) is 5.82 Å². The quantitative estimate of drug-likeness (QED) is 0.771. The molecule has 0 fully saturated rings. The molecule has 3 aromatic rings. The van der Waals surface area contributed by atoms with E-state index in [1.807, 2.05) is 30.3 Å². The van der Waals surface area contributed by atoms with Gasteiger partial charge in [0, 0.05) is 5.56 Å². The maximum atomic E-state index is 12.9. The van der Waals surface area contributed by atoms with E-state index in [0.29, 0.717) is 17.3 Å². The highest BCUT2D eigenvalue weighted by Gasteiger charge is 2.15. The van der Waals surface area contributed by atoms with Crippen LogP contribution in [0.25, 0.3) is 11.4 Å². The molecule has 5 nitrogen and oxygen atoms in total. The average molecular weight is 337 g/mol. The van der Waals surface area contributed by atoms with E-state index in [1.165, 1.54) is 36.7 Å². The van der Waals surface area contributed by atoms with Crippen LogP contribution < -0.4 is 10.1 Å². The number of hydrogen-bond acceptors (Lipinski definition) is 4. The molecule has 1 aromatic heterocycles. The third-order valence-corrected chi connectivity index (χ3v) is 3.45. The van der Waals surface area contributed by atoms with E-state index in [4.69, 9.17) is 4.74 Å². The Balaban J connectivity index is 1.61. The van der Waals surface area contributed by atoms with Gasteiger partial charge in [0.15, 0.2) is 11.9 Å². The number of amides is 1. The minimum atomic E-state index is -0.751. The molecule has 1 amide bonds. The van der Waals surface area contributed by atoms with Crippen LogP contribution in [-0.2, 0) is 4.79 Å². The Bertz CT molecular complexity index is 837. The molecule has 0 radical (unpaired) electrons. The second-order valence-electron chi connectivity index (χ2n) is 5.36. The van der Waals surface area contributed by atoms with Crippen molar-refractivity contribution < 1.29 is 13.9 Å². The molecule has 0 saturated carbocycles. The van der Waals surface area contributed by atoms with Crippen LogP contribution in [0.1, 0.15) is 6.92 Å². The summed E-state index contributed by atoms with van der Waals surface area (Å²) in [5, 5.41) is 2.69. The molecule has 3 rings (SSSR count). The summed E-state index contributed by atoms with van der Waals surface area (Å²) < 4.78 is 18.4. The third kappa shape index (κ3) is 4.38. The van der Waals surface area contributed by atoms with Gasteiger partial charge < -0.3 is 10.1 Å². The van der Waals surface area contributed by atoms with Crippen molar-refractivity contribution in [2.45, 2.75) is 13.0 Å². The van der Waals surface area contributed by atoms with Gasteiger partial charge in [0.05, 0.1) is 18.1 Å². The molecule has 0 bridgehead atoms. The zero-order valence-corrected chi connectivity index (χ0v) is 13.5. The lowest BCUT2D eigenvalue weighted by Crippen LogP contribution is -2.30. The molecule has 0 unspecified atom stereocenters. The zero-order chi connectivity index (χ0) is 17.6. The number of benzene rings is 2. The fourth-order valence-corrected chi connectivity index (χ4v) is 2.14. The van der Waals surface area contributed by atoms with Gasteiger partial charge in [-0.05, 0) is 31.2 Å². The summed E-state index contributed by atoms with van der Waals surface area (Å²) in [6, 6.07) is 15.0. The monoisotopic (exact) mass is 337 g/mol. The highest BCUT2D eigenvalue weighted by atomic mass is 19.1. The predicted molar refractivity (Wildman–Crippen MR) is 92.6 cm³/mol. The Morgan fingerprint density at radius 3 is 2.32 bits per heavy atom. The number of hydrogen-bond donors (Lipinski definition) is 1. The summed E-state index contributed by atoms with van der Waals surface area (Å²) in [5.74, 6) is 0.287. The molecule has 2 aromatic carbocycles. The summed E-state index contributed by atoms with van der Waals surface area (Å²) in [4.78, 5) is 20.7. The largest absolute Gasteiger partial charge is 0.481 e. The van der Waals surface area contributed by atoms with Crippen LogP contribution in [0.4, 0.5) is 10.1 Å². The Morgan fingerprint density at radius 2 is 1.68 bits per heavy atom. The minimum absolute atomic E-state index is 0.347. The molecule has 1 heterocycles. The normalized spacial score (nSPS) is 11.6. The van der Waals surface area contributed by atoms with Gasteiger partial charge in [0.2, 0.25) is 0 Å². The SMILES string of the molecule is C[C@H](Oc1ccc(F)cc1)C(=O)Nc1cnc(-c2ccccc2)nc1. The van der Waals surface area contributed by atoms with Crippen LogP contribution in [0.3, 0.4) is 0 Å². The fourth-order valence-electron chi connectivity index (χ4n) is 2.14. The van der Waals surface area contributed by atoms with Crippen molar-refractivity contribution in [3.8, 4) is 17.1 Å². The maximum absolute atomic E-state index is 12.9. The third-order valence-electron chi connectivity index (χ3n) is 3.45. The number of nitrogens with one attached hydrogen (secondary N) is 1. The molecule has 0 saturated heterocycles. The Hall–Kier alpha value is -3.28. The Morgan fingerprint density at radius 1 is 1.04 bits per heavy atom. The van der Waals surface area contributed by atoms with Crippen molar-refractivity contribution in [3.63, 3.8) is 0 Å². The molecule has 0 aliphatic carbocycles. The summed E-state index contributed by atoms with van der Waals surface area (Å²) in [7, 11) is 0. The van der Waals surface area contributed by atoms with E-state index in [0.717, 1.165) is 5.56 Å². The van der Waals surface area contributed by atoms with Crippen molar-refractivity contribution in [3.05, 3.63) is 72.8 Å². The summed E-state index contributed by atoms with van der Waals surface area (Å²) >= 11 is 0. The van der Waals surface area contributed by atoms with E-state index >= 15 is 0 Å². The molecule has 25 heavy (non-hydrogen) atoms. The highest BCUT2D eigenvalue weighted by Crippen LogP contribution is 2.16. The van der Waals surface area contributed by atoms with Gasteiger partial charge >= 0.3 is 0 Å². The number of nitrogens with zero attached hydrogens (tertiary/aromatic N) is 2. The van der Waals surface area contributed by atoms with E-state index in [2.05, 4.69) is 15.3 Å². The van der Waals surface area contributed by atoms with E-state index in [1.54, 1.807) is 6.92 Å². The number of halogens is 1. The first kappa shape index (κ1) is 16.6. The second kappa shape index (κ2) is 7.53. The topological polar surface area (TPSA) is 64.1 Å². The molecule has 0 aliphatic heterocycles. The lowest BCUT2D eigenvalue weighted by molar-refractivity contribution is -0.122. The standard InChI is InChI=1S/C19H16FN3O2/c1-13(25-17-9-7-15(20)8-10-17)19(24)23-16-11-21-18(22-12-16)14-5-3-2-4-6-14/h2-13H,1H3,(H,23,24)/t13-/m0/s1. The number of rotatable bonds is 5. The van der Waals surface area contributed by atoms with E-state index < -0.39 is 6.10 Å². The number of carbonyl (C=O) groups excluding carboxylic acids is 1. The van der Waals surface area contributed by atoms with Crippen molar-refractivity contribution >= 4 is 11.6 Å². The maximum Gasteiger partial charge on any atom is 0.265 e. The molecule has 0 aliphatic rings. The van der Waals surface area contributed by atoms with Crippen molar-refractivity contribution in [1.29, 1.82) is 0 Å². The van der Waals surface area contributed by atoms with E-state index in [-0.39, 0.29) is 11.7 Å². The molecule has 126 valence electrons. The van der Waals surface area contributed by atoms with Gasteiger partial charge in [-0.2, -0.15) is 0 Å². The predicted octanol–water partition coefficient (Wildman–Crippen LogP) is 3.69. The molecule has 1 N–H and O–H groups in total. The summed E-state index contributed by atoms with van der Waals surface area (Å²) in [6.07, 6.45) is 2.33.